The van der Waals surface area contributed by atoms with E-state index < -0.39 is 0 Å². The van der Waals surface area contributed by atoms with Crippen LogP contribution in [-0.4, -0.2) is 18.1 Å². The summed E-state index contributed by atoms with van der Waals surface area (Å²) in [5.41, 5.74) is 7.64. The van der Waals surface area contributed by atoms with Crippen molar-refractivity contribution in [3.05, 3.63) is 65.4 Å². The molecule has 0 atom stereocenters. The van der Waals surface area contributed by atoms with E-state index in [4.69, 9.17) is 26.5 Å². The smallest absolute Gasteiger partial charge is 0.193 e. The molecule has 0 aliphatic carbocycles. The number of methoxy groups -OCH3 is 1. The van der Waals surface area contributed by atoms with E-state index in [-0.39, 0.29) is 5.96 Å². The molecular formula is C20H17ClN4O2S. The van der Waals surface area contributed by atoms with Gasteiger partial charge in [0.05, 0.1) is 22.3 Å². The first kappa shape index (κ1) is 18.3. The van der Waals surface area contributed by atoms with Crippen molar-refractivity contribution >= 4 is 44.8 Å². The molecule has 0 aliphatic rings. The summed E-state index contributed by atoms with van der Waals surface area (Å²) in [6.07, 6.45) is 0. The number of ether oxygens (including phenoxy) is 1. The molecule has 0 saturated carbocycles. The Labute approximate surface area is 170 Å². The number of guanidine groups is 1. The fraction of sp³-hybridized carbons (Fsp3) is 0.100. The van der Waals surface area contributed by atoms with Crippen LogP contribution < -0.4 is 15.8 Å². The number of para-hydroxylation sites is 1. The van der Waals surface area contributed by atoms with Crippen LogP contribution in [0.3, 0.4) is 0 Å². The number of nitrogens with two attached hydrogens (primary N) is 1. The topological polar surface area (TPSA) is 85.7 Å². The number of anilines is 1. The molecule has 0 bridgehead atoms. The van der Waals surface area contributed by atoms with E-state index in [1.165, 1.54) is 0 Å². The number of nitrogens with one attached hydrogen (secondary N) is 1. The molecule has 0 spiro atoms. The van der Waals surface area contributed by atoms with Gasteiger partial charge >= 0.3 is 0 Å². The normalized spacial score (nSPS) is 11.7. The van der Waals surface area contributed by atoms with Gasteiger partial charge < -0.3 is 20.2 Å². The number of halogens is 1. The molecular weight excluding hydrogens is 396 g/mol. The minimum Gasteiger partial charge on any atom is -0.495 e. The summed E-state index contributed by atoms with van der Waals surface area (Å²) in [6, 6.07) is 17.1. The third-order valence-corrected chi connectivity index (χ3v) is 5.34. The van der Waals surface area contributed by atoms with Gasteiger partial charge in [-0.15, -0.1) is 11.3 Å². The van der Waals surface area contributed by atoms with Gasteiger partial charge in [-0.2, -0.15) is 0 Å². The van der Waals surface area contributed by atoms with Crippen LogP contribution in [0.4, 0.5) is 5.69 Å². The number of thiazole rings is 1. The Morgan fingerprint density at radius 3 is 2.89 bits per heavy atom. The Morgan fingerprint density at radius 1 is 1.25 bits per heavy atom. The van der Waals surface area contributed by atoms with Gasteiger partial charge in [-0.3, -0.25) is 0 Å². The van der Waals surface area contributed by atoms with E-state index in [2.05, 4.69) is 15.3 Å². The number of rotatable bonds is 5. The van der Waals surface area contributed by atoms with Crippen molar-refractivity contribution in [1.82, 2.24) is 4.98 Å². The van der Waals surface area contributed by atoms with E-state index in [0.717, 1.165) is 26.7 Å². The summed E-state index contributed by atoms with van der Waals surface area (Å²) < 4.78 is 12.1. The molecule has 8 heteroatoms. The van der Waals surface area contributed by atoms with Crippen molar-refractivity contribution in [2.75, 3.05) is 12.4 Å². The number of benzene rings is 2. The van der Waals surface area contributed by atoms with Crippen LogP contribution in [0.5, 0.6) is 5.75 Å². The molecule has 0 fully saturated rings. The largest absolute Gasteiger partial charge is 0.495 e. The average Bonchev–Trinajstić information content (AvgIpc) is 3.33. The minimum atomic E-state index is 0.263. The Bertz CT molecular complexity index is 1120. The van der Waals surface area contributed by atoms with Gasteiger partial charge in [-0.1, -0.05) is 23.7 Å². The molecule has 142 valence electrons. The van der Waals surface area contributed by atoms with Crippen molar-refractivity contribution in [1.29, 1.82) is 0 Å². The molecule has 0 aliphatic heterocycles. The number of fused-ring (bicyclic) bond motifs is 1. The molecule has 4 rings (SSSR count). The Hall–Kier alpha value is -3.03. The van der Waals surface area contributed by atoms with Gasteiger partial charge in [0.2, 0.25) is 0 Å². The first-order valence-corrected chi connectivity index (χ1v) is 9.67. The lowest BCUT2D eigenvalue weighted by Crippen LogP contribution is -2.22. The summed E-state index contributed by atoms with van der Waals surface area (Å²) in [7, 11) is 1.57. The molecule has 2 heterocycles. The number of aromatic nitrogens is 1. The van der Waals surface area contributed by atoms with E-state index in [9.17, 15) is 0 Å². The second-order valence-corrected chi connectivity index (χ2v) is 7.37. The molecule has 0 unspecified atom stereocenters. The zero-order valence-corrected chi connectivity index (χ0v) is 16.6. The van der Waals surface area contributed by atoms with Crippen molar-refractivity contribution in [3.8, 4) is 16.5 Å². The van der Waals surface area contributed by atoms with Gasteiger partial charge in [0.15, 0.2) is 16.7 Å². The molecule has 3 N–H and O–H groups in total. The molecule has 28 heavy (non-hydrogen) atoms. The maximum absolute atomic E-state index is 6.11. The Balaban J connectivity index is 1.44. The van der Waals surface area contributed by atoms with Gasteiger partial charge in [0.25, 0.3) is 0 Å². The second kappa shape index (κ2) is 7.92. The molecule has 4 aromatic rings. The highest BCUT2D eigenvalue weighted by Gasteiger charge is 2.10. The first-order chi connectivity index (χ1) is 13.6. The lowest BCUT2D eigenvalue weighted by atomic mass is 10.3. The average molecular weight is 413 g/mol. The fourth-order valence-electron chi connectivity index (χ4n) is 2.65. The van der Waals surface area contributed by atoms with Crippen LogP contribution in [0.1, 0.15) is 5.76 Å². The van der Waals surface area contributed by atoms with Crippen molar-refractivity contribution in [3.63, 3.8) is 0 Å². The predicted molar refractivity (Wildman–Crippen MR) is 114 cm³/mol. The third-order valence-electron chi connectivity index (χ3n) is 4.00. The second-order valence-electron chi connectivity index (χ2n) is 5.93. The fourth-order valence-corrected chi connectivity index (χ4v) is 3.84. The van der Waals surface area contributed by atoms with E-state index in [1.54, 1.807) is 30.6 Å². The van der Waals surface area contributed by atoms with E-state index in [0.29, 0.717) is 23.1 Å². The first-order valence-electron chi connectivity index (χ1n) is 8.47. The van der Waals surface area contributed by atoms with Crippen LogP contribution in [0.2, 0.25) is 5.02 Å². The van der Waals surface area contributed by atoms with Gasteiger partial charge in [-0.05, 0) is 42.5 Å². The number of furan rings is 1. The molecule has 0 radical (unpaired) electrons. The van der Waals surface area contributed by atoms with Crippen molar-refractivity contribution in [2.45, 2.75) is 6.54 Å². The van der Waals surface area contributed by atoms with Crippen molar-refractivity contribution < 1.29 is 9.15 Å². The van der Waals surface area contributed by atoms with Crippen LogP contribution in [0.15, 0.2) is 64.0 Å². The monoisotopic (exact) mass is 412 g/mol. The Morgan fingerprint density at radius 2 is 2.11 bits per heavy atom. The van der Waals surface area contributed by atoms with Crippen LogP contribution in [-0.2, 0) is 6.54 Å². The summed E-state index contributed by atoms with van der Waals surface area (Å²) in [5.74, 6) is 2.28. The number of hydrogen-bond donors (Lipinski definition) is 2. The van der Waals surface area contributed by atoms with Gasteiger partial charge in [0, 0.05) is 5.69 Å². The zero-order valence-electron chi connectivity index (χ0n) is 15.0. The quantitative estimate of drug-likeness (QED) is 0.350. The van der Waals surface area contributed by atoms with Crippen LogP contribution >= 0.6 is 22.9 Å². The van der Waals surface area contributed by atoms with Gasteiger partial charge in [-0.25, -0.2) is 9.98 Å². The highest BCUT2D eigenvalue weighted by Crippen LogP contribution is 2.31. The maximum atomic E-state index is 6.11. The summed E-state index contributed by atoms with van der Waals surface area (Å²) in [5, 5.41) is 4.33. The maximum Gasteiger partial charge on any atom is 0.193 e. The lowest BCUT2D eigenvalue weighted by Gasteiger charge is -2.08. The van der Waals surface area contributed by atoms with Gasteiger partial charge in [0.1, 0.15) is 18.1 Å². The summed E-state index contributed by atoms with van der Waals surface area (Å²) in [6.45, 7) is 0.313. The summed E-state index contributed by atoms with van der Waals surface area (Å²) >= 11 is 7.70. The number of nitrogens with zero attached hydrogens (tertiary/aromatic N) is 2. The molecule has 0 saturated heterocycles. The number of hydrogen-bond acceptors (Lipinski definition) is 5. The van der Waals surface area contributed by atoms with Crippen LogP contribution in [0, 0.1) is 0 Å². The minimum absolute atomic E-state index is 0.263. The molecule has 0 amide bonds. The SMILES string of the molecule is COc1ccc(NC(N)=NCc2ccc(-c3nc4ccccc4s3)o2)cc1Cl. The zero-order chi connectivity index (χ0) is 19.5. The highest BCUT2D eigenvalue weighted by molar-refractivity contribution is 7.21. The number of aliphatic imine (C=N–C) groups is 1. The van der Waals surface area contributed by atoms with Crippen molar-refractivity contribution in [2.24, 2.45) is 10.7 Å². The highest BCUT2D eigenvalue weighted by atomic mass is 35.5. The molecule has 2 aromatic heterocycles. The third kappa shape index (κ3) is 3.95. The van der Waals surface area contributed by atoms with E-state index >= 15 is 0 Å². The molecule has 6 nitrogen and oxygen atoms in total. The predicted octanol–water partition coefficient (Wildman–Crippen LogP) is 5.15. The standard InChI is InChI=1S/C20H17ClN4O2S/c1-26-16-8-6-12(10-14(16)21)24-20(22)23-11-13-7-9-17(27-13)19-25-15-4-2-3-5-18(15)28-19/h2-10H,11H2,1H3,(H3,22,23,24). The van der Waals surface area contributed by atoms with E-state index in [1.807, 2.05) is 42.5 Å². The molecule has 2 aromatic carbocycles. The Kier molecular flexibility index (Phi) is 5.18. The summed E-state index contributed by atoms with van der Waals surface area (Å²) in [4.78, 5) is 8.91. The lowest BCUT2D eigenvalue weighted by molar-refractivity contribution is 0.415. The van der Waals surface area contributed by atoms with Crippen LogP contribution in [0.25, 0.3) is 21.0 Å².